The molecule has 2 aromatic rings. The molecule has 6 bridgehead atoms. The fourth-order valence-corrected chi connectivity index (χ4v) is 15.4. The molecule has 0 aromatic heterocycles. The van der Waals surface area contributed by atoms with Gasteiger partial charge < -0.3 is 34.6 Å². The highest BCUT2D eigenvalue weighted by Gasteiger charge is 2.82. The zero-order valence-electron chi connectivity index (χ0n) is 35.4. The molecule has 4 N–H and O–H groups in total. The number of aliphatic hydroxyl groups is 2. The number of nitrogens with zero attached hydrogens (tertiary/aromatic N) is 2. The number of likely N-dealkylation sites (tertiary alicyclic amines) is 2. The largest absolute Gasteiger partial charge is 0.504 e. The molecule has 11 atom stereocenters. The SMILES string of the molecule is C=CCN1CC[C@]23c4c5ccc(O)c4O[C@H]2C(=O)CC[C@@]3(O)[C@H]1C5.CO[C@]12CC[C@@]3(C[C@@H]1[C@](C)(O)C(C)(C)C)[C@H]1Cc4ccc(O)c5c4[C@@]3(CCN1CC1CC1)[C@H]2O5.Cl. The molecule has 3 spiro atoms. The van der Waals surface area contributed by atoms with Crippen molar-refractivity contribution >= 4 is 18.2 Å². The molecule has 320 valence electrons. The van der Waals surface area contributed by atoms with E-state index in [9.17, 15) is 25.2 Å². The third-order valence-corrected chi connectivity index (χ3v) is 18.6. The topological polar surface area (TPSA) is 132 Å². The van der Waals surface area contributed by atoms with Crippen LogP contribution in [-0.2, 0) is 33.2 Å². The molecule has 7 aliphatic carbocycles. The Morgan fingerprint density at radius 2 is 1.51 bits per heavy atom. The van der Waals surface area contributed by atoms with Crippen LogP contribution in [-0.4, -0.2) is 110 Å². The number of carbonyl (C=O) groups is 1. The van der Waals surface area contributed by atoms with Crippen molar-refractivity contribution in [1.82, 2.24) is 9.80 Å². The summed E-state index contributed by atoms with van der Waals surface area (Å²) >= 11 is 0. The molecule has 0 amide bonds. The number of Topliss-reactive ketones (excluding diaryl/α,β-unsaturated/α-hetero) is 1. The Kier molecular flexibility index (Phi) is 8.61. The first-order valence-electron chi connectivity index (χ1n) is 22.2. The Hall–Kier alpha value is -2.86. The van der Waals surface area contributed by atoms with Crippen LogP contribution in [0.1, 0.15) is 108 Å². The number of aromatic hydroxyl groups is 2. The lowest BCUT2D eigenvalue weighted by atomic mass is 9.33. The van der Waals surface area contributed by atoms with Crippen LogP contribution in [0, 0.1) is 22.7 Å². The Bertz CT molecular complexity index is 2130. The smallest absolute Gasteiger partial charge is 0.174 e. The molecular formula is C48H63ClN2O8. The molecule has 7 fully saturated rings. The number of phenols is 2. The molecule has 2 aromatic carbocycles. The van der Waals surface area contributed by atoms with E-state index in [1.54, 1.807) is 6.07 Å². The molecule has 0 radical (unpaired) electrons. The number of carbonyl (C=O) groups excluding carboxylic acids is 1. The molecule has 0 unspecified atom stereocenters. The standard InChI is InChI=1S/C29H41NO4.C19H21NO4.ClH/c1-25(2,3)26(4,32)20-15-27-10-11-29(20,33-5)24-28(27)12-13-30(16-17-6-7-17)21(27)14-18-8-9-19(31)23(34-24)22(18)28;1-2-8-20-9-7-18-15-11-3-4-12(21)16(15)24-17(18)13(22)5-6-19(18,23)14(20)10-11;/h8-9,17,20-21,24,31-32H,6-7,10-16H2,1-5H3;2-4,14,17,21,23H,1,5-10H2;1H/t20-,21-,24-,26+,27-,28+,29-;14-,17+,18+,19-;/m11./s1. The number of fused-ring (bicyclic) bond motifs is 2. The normalized spacial score (nSPS) is 41.3. The van der Waals surface area contributed by atoms with Crippen LogP contribution in [0.15, 0.2) is 36.9 Å². The molecule has 4 heterocycles. The minimum atomic E-state index is -1.00. The van der Waals surface area contributed by atoms with Crippen LogP contribution < -0.4 is 9.47 Å². The first kappa shape index (κ1) is 40.2. The van der Waals surface area contributed by atoms with Crippen molar-refractivity contribution in [2.24, 2.45) is 22.7 Å². The predicted octanol–water partition coefficient (Wildman–Crippen LogP) is 6.14. The predicted molar refractivity (Wildman–Crippen MR) is 225 cm³/mol. The van der Waals surface area contributed by atoms with Crippen molar-refractivity contribution in [2.75, 3.05) is 33.3 Å². The van der Waals surface area contributed by atoms with Crippen molar-refractivity contribution < 1.29 is 39.4 Å². The number of methoxy groups -OCH3 is 1. The highest BCUT2D eigenvalue weighted by molar-refractivity contribution is 5.90. The Balaban J connectivity index is 0.000000148. The molecule has 2 saturated heterocycles. The number of hydrogen-bond donors (Lipinski definition) is 4. The van der Waals surface area contributed by atoms with Gasteiger partial charge in [-0.1, -0.05) is 39.0 Å². The lowest BCUT2D eigenvalue weighted by molar-refractivity contribution is -0.312. The molecule has 11 heteroatoms. The number of rotatable bonds is 6. The van der Waals surface area contributed by atoms with E-state index < -0.39 is 28.3 Å². The lowest BCUT2D eigenvalue weighted by Gasteiger charge is -2.75. The van der Waals surface area contributed by atoms with E-state index in [-0.39, 0.29) is 64.0 Å². The van der Waals surface area contributed by atoms with E-state index in [0.717, 1.165) is 68.8 Å². The van der Waals surface area contributed by atoms with E-state index in [2.05, 4.69) is 43.2 Å². The van der Waals surface area contributed by atoms with Gasteiger partial charge in [0.2, 0.25) is 0 Å². The van der Waals surface area contributed by atoms with Crippen molar-refractivity contribution in [1.29, 1.82) is 0 Å². The summed E-state index contributed by atoms with van der Waals surface area (Å²) in [5.74, 6) is 2.33. The second-order valence-electron chi connectivity index (χ2n) is 21.4. The van der Waals surface area contributed by atoms with Crippen LogP contribution in [0.3, 0.4) is 0 Å². The maximum atomic E-state index is 12.6. The summed E-state index contributed by atoms with van der Waals surface area (Å²) in [6.07, 6.45) is 11.0. The number of benzene rings is 2. The maximum Gasteiger partial charge on any atom is 0.174 e. The highest BCUT2D eigenvalue weighted by Crippen LogP contribution is 2.78. The fourth-order valence-electron chi connectivity index (χ4n) is 15.4. The monoisotopic (exact) mass is 830 g/mol. The minimum Gasteiger partial charge on any atom is -0.504 e. The second-order valence-corrected chi connectivity index (χ2v) is 21.4. The molecule has 5 saturated carbocycles. The summed E-state index contributed by atoms with van der Waals surface area (Å²) in [5, 5.41) is 45.3. The second kappa shape index (κ2) is 12.6. The van der Waals surface area contributed by atoms with Gasteiger partial charge in [-0.05, 0) is 112 Å². The van der Waals surface area contributed by atoms with Crippen molar-refractivity contribution in [3.05, 3.63) is 59.2 Å². The summed E-state index contributed by atoms with van der Waals surface area (Å²) in [5.41, 5.74) is 1.04. The first-order chi connectivity index (χ1) is 27.5. The number of ketones is 1. The summed E-state index contributed by atoms with van der Waals surface area (Å²) < 4.78 is 19.4. The van der Waals surface area contributed by atoms with Crippen LogP contribution >= 0.6 is 12.4 Å². The average molecular weight is 831 g/mol. The van der Waals surface area contributed by atoms with Gasteiger partial charge in [-0.3, -0.25) is 14.6 Å². The summed E-state index contributed by atoms with van der Waals surface area (Å²) in [6.45, 7) is 16.2. The maximum absolute atomic E-state index is 12.6. The molecule has 13 rings (SSSR count). The van der Waals surface area contributed by atoms with Gasteiger partial charge in [0, 0.05) is 73.1 Å². The van der Waals surface area contributed by atoms with Gasteiger partial charge in [-0.15, -0.1) is 19.0 Å². The summed E-state index contributed by atoms with van der Waals surface area (Å²) in [6, 6.07) is 7.98. The summed E-state index contributed by atoms with van der Waals surface area (Å²) in [7, 11) is 1.83. The Morgan fingerprint density at radius 1 is 0.881 bits per heavy atom. The van der Waals surface area contributed by atoms with E-state index in [1.165, 1.54) is 30.5 Å². The molecular weight excluding hydrogens is 768 g/mol. The van der Waals surface area contributed by atoms with E-state index in [0.29, 0.717) is 43.2 Å². The van der Waals surface area contributed by atoms with E-state index in [4.69, 9.17) is 14.2 Å². The zero-order valence-corrected chi connectivity index (χ0v) is 36.2. The van der Waals surface area contributed by atoms with Gasteiger partial charge in [0.15, 0.2) is 34.9 Å². The van der Waals surface area contributed by atoms with Crippen LogP contribution in [0.2, 0.25) is 0 Å². The lowest BCUT2D eigenvalue weighted by Crippen LogP contribution is -2.83. The van der Waals surface area contributed by atoms with E-state index >= 15 is 0 Å². The molecule has 4 aliphatic heterocycles. The van der Waals surface area contributed by atoms with Crippen LogP contribution in [0.25, 0.3) is 0 Å². The van der Waals surface area contributed by atoms with Crippen molar-refractivity contribution in [2.45, 2.75) is 150 Å². The third-order valence-electron chi connectivity index (χ3n) is 18.6. The third kappa shape index (κ3) is 4.64. The van der Waals surface area contributed by atoms with Crippen LogP contribution in [0.4, 0.5) is 0 Å². The average Bonchev–Trinajstić information content (AvgIpc) is 3.82. The number of phenolic OH excluding ortho intramolecular Hbond substituents is 2. The minimum absolute atomic E-state index is 0. The van der Waals surface area contributed by atoms with Gasteiger partial charge >= 0.3 is 0 Å². The van der Waals surface area contributed by atoms with Gasteiger partial charge in [-0.25, -0.2) is 0 Å². The molecule has 59 heavy (non-hydrogen) atoms. The Morgan fingerprint density at radius 3 is 2.15 bits per heavy atom. The fraction of sp³-hybridized carbons (Fsp3) is 0.688. The highest BCUT2D eigenvalue weighted by atomic mass is 35.5. The number of halogens is 1. The van der Waals surface area contributed by atoms with Gasteiger partial charge in [-0.2, -0.15) is 0 Å². The van der Waals surface area contributed by atoms with Crippen molar-refractivity contribution in [3.63, 3.8) is 0 Å². The number of hydrogen-bond acceptors (Lipinski definition) is 10. The quantitative estimate of drug-likeness (QED) is 0.252. The van der Waals surface area contributed by atoms with Crippen LogP contribution in [0.5, 0.6) is 23.0 Å². The number of piperidine rings is 2. The number of ether oxygens (including phenoxy) is 3. The Labute approximate surface area is 354 Å². The first-order valence-corrected chi connectivity index (χ1v) is 22.2. The molecule has 11 aliphatic rings. The van der Waals surface area contributed by atoms with Gasteiger partial charge in [0.05, 0.1) is 16.6 Å². The van der Waals surface area contributed by atoms with E-state index in [1.807, 2.05) is 32.2 Å². The molecule has 10 nitrogen and oxygen atoms in total. The van der Waals surface area contributed by atoms with Gasteiger partial charge in [0.1, 0.15) is 11.7 Å². The zero-order chi connectivity index (χ0) is 40.6. The summed E-state index contributed by atoms with van der Waals surface area (Å²) in [4.78, 5) is 17.7. The van der Waals surface area contributed by atoms with Gasteiger partial charge in [0.25, 0.3) is 0 Å². The van der Waals surface area contributed by atoms with Crippen molar-refractivity contribution in [3.8, 4) is 23.0 Å².